The van der Waals surface area contributed by atoms with E-state index < -0.39 is 0 Å². The molecule has 0 amide bonds. The van der Waals surface area contributed by atoms with Gasteiger partial charge in [-0.1, -0.05) is 25.0 Å². The molecule has 2 aromatic heterocycles. The smallest absolute Gasteiger partial charge is 0.326 e. The molecular formula is C19H23N5OS. The second-order valence-corrected chi connectivity index (χ2v) is 8.18. The minimum Gasteiger partial charge on any atom is -0.347 e. The van der Waals surface area contributed by atoms with Crippen LogP contribution in [-0.4, -0.2) is 32.0 Å². The van der Waals surface area contributed by atoms with E-state index in [-0.39, 0.29) is 11.7 Å². The van der Waals surface area contributed by atoms with Crippen molar-refractivity contribution in [1.29, 1.82) is 0 Å². The fourth-order valence-corrected chi connectivity index (χ4v) is 5.25. The number of anilines is 1. The van der Waals surface area contributed by atoms with Gasteiger partial charge in [0.2, 0.25) is 5.13 Å². The summed E-state index contributed by atoms with van der Waals surface area (Å²) in [4.78, 5) is 22.6. The minimum atomic E-state index is 0.00378. The van der Waals surface area contributed by atoms with Crippen molar-refractivity contribution < 1.29 is 0 Å². The van der Waals surface area contributed by atoms with E-state index in [0.717, 1.165) is 47.9 Å². The predicted molar refractivity (Wildman–Crippen MR) is 104 cm³/mol. The summed E-state index contributed by atoms with van der Waals surface area (Å²) in [6.45, 7) is 1.85. The normalized spacial score (nSPS) is 19.6. The molecule has 26 heavy (non-hydrogen) atoms. The van der Waals surface area contributed by atoms with Crippen molar-refractivity contribution in [3.8, 4) is 0 Å². The summed E-state index contributed by atoms with van der Waals surface area (Å²) in [6, 6.07) is 8.19. The van der Waals surface area contributed by atoms with Crippen molar-refractivity contribution in [2.24, 2.45) is 0 Å². The molecule has 1 aromatic carbocycles. The molecule has 3 heterocycles. The molecule has 6 nitrogen and oxygen atoms in total. The van der Waals surface area contributed by atoms with Crippen molar-refractivity contribution in [3.05, 3.63) is 40.6 Å². The number of nitrogens with one attached hydrogen (secondary N) is 1. The first-order valence-corrected chi connectivity index (χ1v) is 10.3. The Kier molecular flexibility index (Phi) is 4.04. The largest absolute Gasteiger partial charge is 0.347 e. The summed E-state index contributed by atoms with van der Waals surface area (Å²) in [5.74, 6) is 1.62. The lowest BCUT2D eigenvalue weighted by molar-refractivity contribution is 0.396. The minimum absolute atomic E-state index is 0.00378. The molecule has 2 fully saturated rings. The Morgan fingerprint density at radius 2 is 1.85 bits per heavy atom. The number of imidazole rings is 1. The Morgan fingerprint density at radius 1 is 1.08 bits per heavy atom. The number of para-hydroxylation sites is 2. The van der Waals surface area contributed by atoms with E-state index in [0.29, 0.717) is 5.92 Å². The van der Waals surface area contributed by atoms with Gasteiger partial charge < -0.3 is 9.88 Å². The molecule has 1 N–H and O–H groups in total. The SMILES string of the molecule is O=c1[nH]c2ccccc2n1C1CCN(c2nc(C3CCCC3)ns2)CC1. The molecule has 136 valence electrons. The third-order valence-electron chi connectivity index (χ3n) is 5.88. The second kappa shape index (κ2) is 6.54. The number of hydrogen-bond acceptors (Lipinski definition) is 5. The number of nitrogens with zero attached hydrogens (tertiary/aromatic N) is 4. The van der Waals surface area contributed by atoms with Crippen LogP contribution in [0.4, 0.5) is 5.13 Å². The van der Waals surface area contributed by atoms with Gasteiger partial charge in [-0.25, -0.2) is 9.78 Å². The zero-order valence-corrected chi connectivity index (χ0v) is 15.5. The van der Waals surface area contributed by atoms with Gasteiger partial charge in [-0.2, -0.15) is 4.37 Å². The van der Waals surface area contributed by atoms with Gasteiger partial charge in [-0.15, -0.1) is 0 Å². The number of hydrogen-bond donors (Lipinski definition) is 1. The topological polar surface area (TPSA) is 66.8 Å². The van der Waals surface area contributed by atoms with Gasteiger partial charge in [0.15, 0.2) is 0 Å². The van der Waals surface area contributed by atoms with Crippen molar-refractivity contribution in [2.45, 2.75) is 50.5 Å². The Hall–Kier alpha value is -2.15. The van der Waals surface area contributed by atoms with Crippen LogP contribution in [0.1, 0.15) is 56.3 Å². The Labute approximate surface area is 156 Å². The zero-order chi connectivity index (χ0) is 17.5. The monoisotopic (exact) mass is 369 g/mol. The lowest BCUT2D eigenvalue weighted by Gasteiger charge is -2.32. The molecular weight excluding hydrogens is 346 g/mol. The molecule has 1 saturated heterocycles. The van der Waals surface area contributed by atoms with Crippen LogP contribution in [0.5, 0.6) is 0 Å². The number of benzene rings is 1. The number of fused-ring (bicyclic) bond motifs is 1. The maximum absolute atomic E-state index is 12.4. The van der Waals surface area contributed by atoms with Gasteiger partial charge in [0, 0.05) is 36.6 Å². The first-order valence-electron chi connectivity index (χ1n) is 9.57. The highest BCUT2D eigenvalue weighted by molar-refractivity contribution is 7.09. The summed E-state index contributed by atoms with van der Waals surface area (Å²) in [6.07, 6.45) is 7.01. The summed E-state index contributed by atoms with van der Waals surface area (Å²) >= 11 is 1.54. The molecule has 7 heteroatoms. The Morgan fingerprint density at radius 3 is 2.65 bits per heavy atom. The number of piperidine rings is 1. The summed E-state index contributed by atoms with van der Waals surface area (Å²) < 4.78 is 6.57. The van der Waals surface area contributed by atoms with E-state index in [1.807, 2.05) is 28.8 Å². The number of H-pyrrole nitrogens is 1. The van der Waals surface area contributed by atoms with Crippen LogP contribution in [0, 0.1) is 0 Å². The highest BCUT2D eigenvalue weighted by atomic mass is 32.1. The quantitative estimate of drug-likeness (QED) is 0.765. The van der Waals surface area contributed by atoms with Crippen LogP contribution in [0.3, 0.4) is 0 Å². The van der Waals surface area contributed by atoms with E-state index in [9.17, 15) is 4.79 Å². The molecule has 3 aromatic rings. The molecule has 1 aliphatic carbocycles. The molecule has 0 spiro atoms. The lowest BCUT2D eigenvalue weighted by Crippen LogP contribution is -2.37. The molecule has 0 bridgehead atoms. The molecule has 0 unspecified atom stereocenters. The lowest BCUT2D eigenvalue weighted by atomic mass is 10.0. The predicted octanol–water partition coefficient (Wildman–Crippen LogP) is 3.68. The van der Waals surface area contributed by atoms with E-state index in [1.165, 1.54) is 37.2 Å². The molecule has 2 aliphatic rings. The molecule has 0 atom stereocenters. The highest BCUT2D eigenvalue weighted by Crippen LogP contribution is 2.35. The number of rotatable bonds is 3. The van der Waals surface area contributed by atoms with Crippen molar-refractivity contribution in [1.82, 2.24) is 18.9 Å². The molecule has 1 saturated carbocycles. The van der Waals surface area contributed by atoms with Gasteiger partial charge in [0.25, 0.3) is 0 Å². The van der Waals surface area contributed by atoms with Crippen LogP contribution < -0.4 is 10.6 Å². The van der Waals surface area contributed by atoms with Crippen molar-refractivity contribution in [3.63, 3.8) is 0 Å². The fourth-order valence-electron chi connectivity index (χ4n) is 4.46. The third-order valence-corrected chi connectivity index (χ3v) is 6.67. The first kappa shape index (κ1) is 16.1. The van der Waals surface area contributed by atoms with Crippen LogP contribution >= 0.6 is 11.5 Å². The van der Waals surface area contributed by atoms with Crippen molar-refractivity contribution >= 4 is 27.7 Å². The summed E-state index contributed by atoms with van der Waals surface area (Å²) in [5, 5.41) is 1.05. The molecule has 5 rings (SSSR count). The number of aromatic amines is 1. The fraction of sp³-hybridized carbons (Fsp3) is 0.526. The van der Waals surface area contributed by atoms with Crippen LogP contribution in [0.25, 0.3) is 11.0 Å². The number of aromatic nitrogens is 4. The molecule has 1 aliphatic heterocycles. The van der Waals surface area contributed by atoms with E-state index in [1.54, 1.807) is 0 Å². The van der Waals surface area contributed by atoms with Crippen LogP contribution in [0.15, 0.2) is 29.1 Å². The summed E-state index contributed by atoms with van der Waals surface area (Å²) in [5.41, 5.74) is 1.93. The molecule has 0 radical (unpaired) electrons. The Bertz CT molecular complexity index is 960. The zero-order valence-electron chi connectivity index (χ0n) is 14.7. The van der Waals surface area contributed by atoms with Gasteiger partial charge in [-0.05, 0) is 37.8 Å². The van der Waals surface area contributed by atoms with Crippen molar-refractivity contribution in [2.75, 3.05) is 18.0 Å². The summed E-state index contributed by atoms with van der Waals surface area (Å²) in [7, 11) is 0. The average molecular weight is 369 g/mol. The highest BCUT2D eigenvalue weighted by Gasteiger charge is 2.27. The van der Waals surface area contributed by atoms with Gasteiger partial charge in [0.1, 0.15) is 5.82 Å². The van der Waals surface area contributed by atoms with E-state index in [2.05, 4.69) is 14.3 Å². The second-order valence-electron chi connectivity index (χ2n) is 7.45. The first-order chi connectivity index (χ1) is 12.8. The standard InChI is InChI=1S/C19H23N5OS/c25-18-20-15-7-3-4-8-16(15)24(18)14-9-11-23(12-10-14)19-21-17(22-26-19)13-5-1-2-6-13/h3-4,7-8,13-14H,1-2,5-6,9-12H2,(H,20,25). The van der Waals surface area contributed by atoms with Gasteiger partial charge in [-0.3, -0.25) is 4.57 Å². The Balaban J connectivity index is 1.31. The third kappa shape index (κ3) is 2.74. The van der Waals surface area contributed by atoms with Gasteiger partial charge >= 0.3 is 5.69 Å². The van der Waals surface area contributed by atoms with E-state index >= 15 is 0 Å². The van der Waals surface area contributed by atoms with Crippen LogP contribution in [0.2, 0.25) is 0 Å². The van der Waals surface area contributed by atoms with Gasteiger partial charge in [0.05, 0.1) is 11.0 Å². The van der Waals surface area contributed by atoms with E-state index in [4.69, 9.17) is 4.98 Å². The average Bonchev–Trinajstić information content (AvgIpc) is 3.40. The maximum atomic E-state index is 12.4. The van der Waals surface area contributed by atoms with Crippen LogP contribution in [-0.2, 0) is 0 Å². The maximum Gasteiger partial charge on any atom is 0.326 e.